The Hall–Kier alpha value is -2.72. The van der Waals surface area contributed by atoms with Crippen LogP contribution in [0.25, 0.3) is 10.8 Å². The lowest BCUT2D eigenvalue weighted by Gasteiger charge is -2.13. The van der Waals surface area contributed by atoms with Gasteiger partial charge in [-0.3, -0.25) is 0 Å². The third-order valence-corrected chi connectivity index (χ3v) is 3.45. The van der Waals surface area contributed by atoms with Gasteiger partial charge in [-0.25, -0.2) is 0 Å². The van der Waals surface area contributed by atoms with Crippen molar-refractivity contribution >= 4 is 10.8 Å². The van der Waals surface area contributed by atoms with Crippen molar-refractivity contribution in [3.8, 4) is 12.0 Å². The first-order valence-electron chi connectivity index (χ1n) is 7.07. The molecule has 0 aromatic heterocycles. The molecule has 21 heavy (non-hydrogen) atoms. The van der Waals surface area contributed by atoms with Crippen LogP contribution in [0.1, 0.15) is 11.1 Å². The van der Waals surface area contributed by atoms with Crippen molar-refractivity contribution in [3.05, 3.63) is 83.9 Å². The lowest BCUT2D eigenvalue weighted by Crippen LogP contribution is -2.10. The minimum absolute atomic E-state index is 0.821. The Morgan fingerprint density at radius 3 is 2.38 bits per heavy atom. The van der Waals surface area contributed by atoms with Gasteiger partial charge in [-0.15, -0.1) is 0 Å². The molecule has 1 heteroatoms. The Morgan fingerprint density at radius 2 is 1.52 bits per heavy atom. The molecule has 3 rings (SSSR count). The molecule has 0 unspecified atom stereocenters. The van der Waals surface area contributed by atoms with Gasteiger partial charge < -0.3 is 4.90 Å². The summed E-state index contributed by atoms with van der Waals surface area (Å²) in [6, 6.07) is 28.2. The van der Waals surface area contributed by atoms with Gasteiger partial charge in [-0.1, -0.05) is 60.7 Å². The van der Waals surface area contributed by atoms with Gasteiger partial charge in [0.2, 0.25) is 0 Å². The van der Waals surface area contributed by atoms with Gasteiger partial charge in [0.25, 0.3) is 0 Å². The van der Waals surface area contributed by atoms with Crippen LogP contribution in [0.3, 0.4) is 0 Å². The normalized spacial score (nSPS) is 9.95. The van der Waals surface area contributed by atoms with E-state index in [1.165, 1.54) is 16.3 Å². The van der Waals surface area contributed by atoms with E-state index >= 15 is 0 Å². The highest BCUT2D eigenvalue weighted by molar-refractivity contribution is 5.85. The first-order chi connectivity index (χ1) is 10.3. The van der Waals surface area contributed by atoms with Gasteiger partial charge in [0.1, 0.15) is 0 Å². The molecule has 0 N–H and O–H groups in total. The molecule has 0 fully saturated rings. The Kier molecular flexibility index (Phi) is 3.89. The topological polar surface area (TPSA) is 3.24 Å². The summed E-state index contributed by atoms with van der Waals surface area (Å²) < 4.78 is 0. The maximum absolute atomic E-state index is 3.20. The maximum atomic E-state index is 3.20. The molecule has 3 aromatic carbocycles. The standard InChI is InChI=1S/C20H17N/c1-21(15-14-17-8-3-2-4-9-17)16-19-12-7-11-18-10-5-6-13-20(18)19/h2-13H,16H2,1H3. The third-order valence-electron chi connectivity index (χ3n) is 3.45. The summed E-state index contributed by atoms with van der Waals surface area (Å²) in [5.41, 5.74) is 2.35. The number of nitrogens with zero attached hydrogens (tertiary/aromatic N) is 1. The molecular weight excluding hydrogens is 254 g/mol. The fraction of sp³-hybridized carbons (Fsp3) is 0.100. The molecular formula is C20H17N. The molecule has 0 bridgehead atoms. The van der Waals surface area contributed by atoms with E-state index in [1.807, 2.05) is 42.3 Å². The number of benzene rings is 3. The summed E-state index contributed by atoms with van der Waals surface area (Å²) >= 11 is 0. The van der Waals surface area contributed by atoms with Crippen molar-refractivity contribution < 1.29 is 0 Å². The third kappa shape index (κ3) is 3.24. The molecule has 0 saturated heterocycles. The Morgan fingerprint density at radius 1 is 0.810 bits per heavy atom. The molecule has 0 heterocycles. The molecule has 1 nitrogen and oxygen atoms in total. The molecule has 0 atom stereocenters. The summed E-state index contributed by atoms with van der Waals surface area (Å²) in [6.07, 6.45) is 0. The Labute approximate surface area is 125 Å². The number of rotatable bonds is 2. The van der Waals surface area contributed by atoms with Crippen LogP contribution in [0.2, 0.25) is 0 Å². The molecule has 3 aromatic rings. The summed E-state index contributed by atoms with van der Waals surface area (Å²) in [5, 5.41) is 2.58. The van der Waals surface area contributed by atoms with E-state index in [2.05, 4.69) is 54.4 Å². The van der Waals surface area contributed by atoms with E-state index in [1.54, 1.807) is 0 Å². The van der Waals surface area contributed by atoms with Gasteiger partial charge >= 0.3 is 0 Å². The second-order valence-electron chi connectivity index (χ2n) is 5.10. The molecule has 0 amide bonds. The number of hydrogen-bond acceptors (Lipinski definition) is 1. The smallest absolute Gasteiger partial charge is 0.0514 e. The van der Waals surface area contributed by atoms with E-state index in [0.717, 1.165) is 12.1 Å². The van der Waals surface area contributed by atoms with Crippen molar-refractivity contribution in [2.24, 2.45) is 0 Å². The summed E-state index contributed by atoms with van der Waals surface area (Å²) in [6.45, 7) is 0.821. The summed E-state index contributed by atoms with van der Waals surface area (Å²) in [7, 11) is 2.03. The summed E-state index contributed by atoms with van der Waals surface area (Å²) in [4.78, 5) is 2.04. The van der Waals surface area contributed by atoms with Gasteiger partial charge in [0.05, 0.1) is 6.54 Å². The monoisotopic (exact) mass is 271 g/mol. The van der Waals surface area contributed by atoms with Crippen molar-refractivity contribution in [1.82, 2.24) is 4.90 Å². The van der Waals surface area contributed by atoms with Crippen molar-refractivity contribution in [1.29, 1.82) is 0 Å². The zero-order chi connectivity index (χ0) is 14.5. The molecule has 0 aliphatic rings. The van der Waals surface area contributed by atoms with Crippen LogP contribution in [0.15, 0.2) is 72.8 Å². The van der Waals surface area contributed by atoms with Crippen LogP contribution in [0.5, 0.6) is 0 Å². The highest BCUT2D eigenvalue weighted by Crippen LogP contribution is 2.19. The van der Waals surface area contributed by atoms with Crippen molar-refractivity contribution in [2.75, 3.05) is 7.05 Å². The second-order valence-corrected chi connectivity index (χ2v) is 5.10. The minimum atomic E-state index is 0.821. The zero-order valence-electron chi connectivity index (χ0n) is 12.1. The summed E-state index contributed by atoms with van der Waals surface area (Å²) in [5.74, 6) is 3.19. The lowest BCUT2D eigenvalue weighted by molar-refractivity contribution is 0.480. The number of hydrogen-bond donors (Lipinski definition) is 0. The minimum Gasteiger partial charge on any atom is -0.331 e. The molecule has 0 aliphatic carbocycles. The zero-order valence-corrected chi connectivity index (χ0v) is 12.1. The Bertz CT molecular complexity index is 789. The average Bonchev–Trinajstić information content (AvgIpc) is 2.54. The van der Waals surface area contributed by atoms with Crippen molar-refractivity contribution in [2.45, 2.75) is 6.54 Å². The highest BCUT2D eigenvalue weighted by Gasteiger charge is 2.01. The average molecular weight is 271 g/mol. The van der Waals surface area contributed by atoms with Crippen LogP contribution >= 0.6 is 0 Å². The maximum Gasteiger partial charge on any atom is 0.0514 e. The molecule has 0 spiro atoms. The van der Waals surface area contributed by atoms with Crippen LogP contribution in [-0.2, 0) is 6.54 Å². The first-order valence-corrected chi connectivity index (χ1v) is 7.07. The molecule has 102 valence electrons. The predicted octanol–water partition coefficient (Wildman–Crippen LogP) is 4.28. The number of fused-ring (bicyclic) bond motifs is 1. The molecule has 0 aliphatic heterocycles. The van der Waals surface area contributed by atoms with E-state index in [0.29, 0.717) is 0 Å². The van der Waals surface area contributed by atoms with E-state index in [9.17, 15) is 0 Å². The molecule has 0 radical (unpaired) electrons. The van der Waals surface area contributed by atoms with Crippen LogP contribution < -0.4 is 0 Å². The molecule has 0 saturated carbocycles. The van der Waals surface area contributed by atoms with Crippen LogP contribution in [0, 0.1) is 12.0 Å². The first kappa shape index (κ1) is 13.3. The fourth-order valence-corrected chi connectivity index (χ4v) is 2.41. The van der Waals surface area contributed by atoms with E-state index < -0.39 is 0 Å². The Balaban J connectivity index is 1.81. The van der Waals surface area contributed by atoms with Gasteiger partial charge in [0.15, 0.2) is 0 Å². The quantitative estimate of drug-likeness (QED) is 0.496. The van der Waals surface area contributed by atoms with Gasteiger partial charge in [0, 0.05) is 18.7 Å². The van der Waals surface area contributed by atoms with E-state index in [4.69, 9.17) is 0 Å². The van der Waals surface area contributed by atoms with E-state index in [-0.39, 0.29) is 0 Å². The predicted molar refractivity (Wildman–Crippen MR) is 88.7 cm³/mol. The van der Waals surface area contributed by atoms with Crippen LogP contribution in [0.4, 0.5) is 0 Å². The second kappa shape index (κ2) is 6.15. The van der Waals surface area contributed by atoms with Gasteiger partial charge in [-0.2, -0.15) is 0 Å². The lowest BCUT2D eigenvalue weighted by atomic mass is 10.0. The van der Waals surface area contributed by atoms with Crippen LogP contribution in [-0.4, -0.2) is 11.9 Å². The fourth-order valence-electron chi connectivity index (χ4n) is 2.41. The van der Waals surface area contributed by atoms with Gasteiger partial charge in [-0.05, 0) is 34.4 Å². The highest BCUT2D eigenvalue weighted by atomic mass is 15.1. The van der Waals surface area contributed by atoms with Crippen molar-refractivity contribution in [3.63, 3.8) is 0 Å². The largest absolute Gasteiger partial charge is 0.331 e. The SMILES string of the molecule is CN(C#Cc1ccccc1)Cc1cccc2ccccc12.